The van der Waals surface area contributed by atoms with E-state index in [0.717, 1.165) is 0 Å². The quantitative estimate of drug-likeness (QED) is 0.489. The summed E-state index contributed by atoms with van der Waals surface area (Å²) in [6.45, 7) is 9.00. The predicted molar refractivity (Wildman–Crippen MR) is 135 cm³/mol. The first-order valence-electron chi connectivity index (χ1n) is 10.5. The fourth-order valence-electron chi connectivity index (χ4n) is 5.30. The number of benzene rings is 4. The maximum atomic E-state index is 2.33. The van der Waals surface area contributed by atoms with Crippen LogP contribution in [0.5, 0.6) is 0 Å². The maximum absolute atomic E-state index is 2.33. The van der Waals surface area contributed by atoms with E-state index >= 15 is 0 Å². The average Bonchev–Trinajstić information content (AvgIpc) is 2.73. The van der Waals surface area contributed by atoms with Gasteiger partial charge in [-0.25, -0.2) is 0 Å². The molecule has 0 aliphatic heterocycles. The molecule has 0 saturated carbocycles. The molecule has 0 atom stereocenters. The first kappa shape index (κ1) is 21.6. The Kier molecular flexibility index (Phi) is 6.29. The van der Waals surface area contributed by atoms with Crippen molar-refractivity contribution in [1.82, 2.24) is 6.15 Å². The first-order chi connectivity index (χ1) is 14.1. The number of rotatable bonds is 4. The molecule has 0 fully saturated rings. The van der Waals surface area contributed by atoms with Crippen molar-refractivity contribution < 1.29 is 0 Å². The lowest BCUT2D eigenvalue weighted by atomic mass is 9.11. The number of quaternary nitrogens is 1. The Morgan fingerprint density at radius 1 is 0.367 bits per heavy atom. The van der Waals surface area contributed by atoms with Gasteiger partial charge in [-0.1, -0.05) is 119 Å². The van der Waals surface area contributed by atoms with Gasteiger partial charge in [0, 0.05) is 0 Å². The molecule has 4 aromatic carbocycles. The molecule has 0 spiro atoms. The maximum Gasteiger partial charge on any atom is 0.109 e. The third-order valence-corrected chi connectivity index (χ3v) is 6.62. The van der Waals surface area contributed by atoms with Crippen LogP contribution in [0.25, 0.3) is 0 Å². The molecule has 30 heavy (non-hydrogen) atoms. The van der Waals surface area contributed by atoms with Crippen molar-refractivity contribution in [3.05, 3.63) is 119 Å². The molecule has 152 valence electrons. The zero-order valence-electron chi connectivity index (χ0n) is 18.8. The Balaban J connectivity index is 0.00000256. The molecule has 0 aliphatic carbocycles. The van der Waals surface area contributed by atoms with Gasteiger partial charge in [0.25, 0.3) is 0 Å². The predicted octanol–water partition coefficient (Wildman–Crippen LogP) is 4.67. The van der Waals surface area contributed by atoms with Crippen LogP contribution in [0.4, 0.5) is 0 Å². The molecule has 4 N–H and O–H groups in total. The highest BCUT2D eigenvalue weighted by Gasteiger charge is 2.35. The lowest BCUT2D eigenvalue weighted by Gasteiger charge is -2.48. The van der Waals surface area contributed by atoms with Crippen molar-refractivity contribution in [3.8, 4) is 0 Å². The van der Waals surface area contributed by atoms with Gasteiger partial charge in [0.1, 0.15) is 6.15 Å². The fourth-order valence-corrected chi connectivity index (χ4v) is 5.30. The van der Waals surface area contributed by atoms with Gasteiger partial charge in [0.15, 0.2) is 0 Å². The van der Waals surface area contributed by atoms with E-state index in [-0.39, 0.29) is 6.15 Å². The van der Waals surface area contributed by atoms with Crippen molar-refractivity contribution >= 4 is 28.0 Å². The molecule has 0 aromatic heterocycles. The summed E-state index contributed by atoms with van der Waals surface area (Å²) in [7, 11) is 0. The molecule has 0 bridgehead atoms. The molecular formula is C28H32BN. The van der Waals surface area contributed by atoms with Crippen LogP contribution in [0.1, 0.15) is 22.3 Å². The van der Waals surface area contributed by atoms with Gasteiger partial charge >= 0.3 is 0 Å². The topological polar surface area (TPSA) is 36.5 Å². The summed E-state index contributed by atoms with van der Waals surface area (Å²) >= 11 is 0. The monoisotopic (exact) mass is 393 g/mol. The highest BCUT2D eigenvalue weighted by molar-refractivity contribution is 7.20. The standard InChI is InChI=1S/C28H28B.H3N/c1-21-13-5-9-17-25(21)29(26-18-10-6-14-22(26)2,27-19-11-7-15-23(27)3)28-20-12-8-16-24(28)4;/h5-20H,1-4H3;1H3/q-1;/p+1. The third-order valence-electron chi connectivity index (χ3n) is 6.62. The summed E-state index contributed by atoms with van der Waals surface area (Å²) in [5.41, 5.74) is 11.0. The molecule has 4 rings (SSSR count). The van der Waals surface area contributed by atoms with Crippen molar-refractivity contribution in [2.75, 3.05) is 0 Å². The molecule has 0 amide bonds. The summed E-state index contributed by atoms with van der Waals surface area (Å²) in [6.07, 6.45) is -1.32. The lowest BCUT2D eigenvalue weighted by Crippen LogP contribution is -2.76. The molecule has 0 radical (unpaired) electrons. The lowest BCUT2D eigenvalue weighted by molar-refractivity contribution is 1.44. The molecular weight excluding hydrogens is 361 g/mol. The van der Waals surface area contributed by atoms with Crippen LogP contribution in [0.3, 0.4) is 0 Å². The Labute approximate surface area is 181 Å². The Bertz CT molecular complexity index is 975. The summed E-state index contributed by atoms with van der Waals surface area (Å²) in [6, 6.07) is 35.7. The van der Waals surface area contributed by atoms with E-state index in [1.807, 2.05) is 0 Å². The molecule has 0 unspecified atom stereocenters. The molecule has 0 heterocycles. The van der Waals surface area contributed by atoms with Gasteiger partial charge in [-0.3, -0.25) is 0 Å². The smallest absolute Gasteiger partial charge is 0.109 e. The highest BCUT2D eigenvalue weighted by Crippen LogP contribution is 2.16. The summed E-state index contributed by atoms with van der Waals surface area (Å²) in [5, 5.41) is 0. The minimum Gasteiger partial charge on any atom is -0.369 e. The van der Waals surface area contributed by atoms with E-state index in [4.69, 9.17) is 0 Å². The second-order valence-electron chi connectivity index (χ2n) is 8.29. The van der Waals surface area contributed by atoms with Crippen molar-refractivity contribution in [3.63, 3.8) is 0 Å². The third kappa shape index (κ3) is 3.38. The zero-order valence-corrected chi connectivity index (χ0v) is 18.8. The summed E-state index contributed by atoms with van der Waals surface area (Å²) in [4.78, 5) is 0. The van der Waals surface area contributed by atoms with Crippen LogP contribution in [0.2, 0.25) is 0 Å². The molecule has 0 saturated heterocycles. The normalized spacial score (nSPS) is 11.1. The van der Waals surface area contributed by atoms with E-state index in [1.165, 1.54) is 44.1 Å². The van der Waals surface area contributed by atoms with Gasteiger partial charge < -0.3 is 6.15 Å². The SMILES string of the molecule is Cc1ccccc1[B-](c1ccccc1C)(c1ccccc1C)c1ccccc1C.[NH4+]. The molecule has 2 heteroatoms. The van der Waals surface area contributed by atoms with Crippen LogP contribution in [-0.4, -0.2) is 6.15 Å². The van der Waals surface area contributed by atoms with Crippen molar-refractivity contribution in [2.45, 2.75) is 27.7 Å². The van der Waals surface area contributed by atoms with Gasteiger partial charge in [-0.15, -0.1) is 0 Å². The minimum atomic E-state index is -1.32. The molecule has 1 nitrogen and oxygen atoms in total. The van der Waals surface area contributed by atoms with Crippen molar-refractivity contribution in [2.24, 2.45) is 0 Å². The van der Waals surface area contributed by atoms with Crippen LogP contribution >= 0.6 is 0 Å². The van der Waals surface area contributed by atoms with E-state index in [0.29, 0.717) is 0 Å². The van der Waals surface area contributed by atoms with E-state index in [2.05, 4.69) is 125 Å². The van der Waals surface area contributed by atoms with E-state index < -0.39 is 6.15 Å². The number of aryl methyl sites for hydroxylation is 4. The molecule has 4 aromatic rings. The van der Waals surface area contributed by atoms with Gasteiger partial charge in [0.05, 0.1) is 0 Å². The fraction of sp³-hybridized carbons (Fsp3) is 0.143. The Morgan fingerprint density at radius 3 is 0.767 bits per heavy atom. The van der Waals surface area contributed by atoms with E-state index in [1.54, 1.807) is 0 Å². The largest absolute Gasteiger partial charge is 0.369 e. The van der Waals surface area contributed by atoms with E-state index in [9.17, 15) is 0 Å². The number of hydrogen-bond donors (Lipinski definition) is 1. The number of hydrogen-bond acceptors (Lipinski definition) is 0. The average molecular weight is 393 g/mol. The highest BCUT2D eigenvalue weighted by atomic mass is 14.2. The Hall–Kier alpha value is -3.10. The second kappa shape index (κ2) is 8.73. The zero-order chi connectivity index (χ0) is 20.4. The first-order valence-corrected chi connectivity index (χ1v) is 10.5. The minimum absolute atomic E-state index is 0. The second-order valence-corrected chi connectivity index (χ2v) is 8.29. The van der Waals surface area contributed by atoms with Crippen LogP contribution in [0, 0.1) is 27.7 Å². The van der Waals surface area contributed by atoms with Crippen LogP contribution < -0.4 is 28.0 Å². The summed E-state index contributed by atoms with van der Waals surface area (Å²) < 4.78 is 0. The van der Waals surface area contributed by atoms with Gasteiger partial charge in [0.2, 0.25) is 0 Å². The van der Waals surface area contributed by atoms with Gasteiger partial charge in [-0.05, 0) is 27.7 Å². The van der Waals surface area contributed by atoms with Crippen molar-refractivity contribution in [1.29, 1.82) is 0 Å². The van der Waals surface area contributed by atoms with Crippen LogP contribution in [0.15, 0.2) is 97.1 Å². The van der Waals surface area contributed by atoms with Gasteiger partial charge in [-0.2, -0.15) is 21.9 Å². The Morgan fingerprint density at radius 2 is 0.567 bits per heavy atom. The molecule has 0 aliphatic rings. The van der Waals surface area contributed by atoms with Crippen LogP contribution in [-0.2, 0) is 0 Å². The summed E-state index contributed by atoms with van der Waals surface area (Å²) in [5.74, 6) is 0.